The molecule has 2 aliphatic rings. The minimum absolute atomic E-state index is 0.320. The molecule has 4 N–H and O–H groups in total. The van der Waals surface area contributed by atoms with Gasteiger partial charge in [-0.25, -0.2) is 9.59 Å². The first-order valence-corrected chi connectivity index (χ1v) is 19.4. The monoisotopic (exact) mass is 788 g/mol. The molecule has 0 radical (unpaired) electrons. The molecule has 14 heteroatoms. The first kappa shape index (κ1) is 40.9. The third-order valence-corrected chi connectivity index (χ3v) is 10.5. The van der Waals surface area contributed by atoms with Gasteiger partial charge in [0, 0.05) is 24.5 Å². The molecule has 0 spiro atoms. The molecular formula is C44H48N6O8. The molecule has 58 heavy (non-hydrogen) atoms. The fourth-order valence-electron chi connectivity index (χ4n) is 7.43. The third-order valence-electron chi connectivity index (χ3n) is 10.5. The largest absolute Gasteiger partial charge is 0.453 e. The van der Waals surface area contributed by atoms with Crippen LogP contribution in [0.5, 0.6) is 0 Å². The van der Waals surface area contributed by atoms with E-state index in [9.17, 15) is 28.8 Å². The van der Waals surface area contributed by atoms with E-state index in [1.165, 1.54) is 24.0 Å². The van der Waals surface area contributed by atoms with Gasteiger partial charge in [0.15, 0.2) is 0 Å². The second-order valence-electron chi connectivity index (χ2n) is 14.2. The number of benzene rings is 4. The molecule has 6 amide bonds. The molecule has 2 fully saturated rings. The number of carbonyl (C=O) groups is 6. The van der Waals surface area contributed by atoms with Gasteiger partial charge in [-0.1, -0.05) is 84.9 Å². The van der Waals surface area contributed by atoms with Gasteiger partial charge in [-0.2, -0.15) is 0 Å². The number of hydrogen-bond donors (Lipinski definition) is 4. The van der Waals surface area contributed by atoms with Crippen LogP contribution in [0.25, 0.3) is 11.1 Å². The number of ether oxygens (including phenoxy) is 2. The van der Waals surface area contributed by atoms with Gasteiger partial charge in [0.1, 0.15) is 24.2 Å². The number of amides is 6. The number of anilines is 2. The quantitative estimate of drug-likeness (QED) is 0.139. The average Bonchev–Trinajstić information content (AvgIpc) is 3.27. The molecule has 0 saturated carbocycles. The van der Waals surface area contributed by atoms with Crippen molar-refractivity contribution in [1.29, 1.82) is 0 Å². The maximum absolute atomic E-state index is 13.9. The Bertz CT molecular complexity index is 1910. The fourth-order valence-corrected chi connectivity index (χ4v) is 7.43. The van der Waals surface area contributed by atoms with Gasteiger partial charge in [-0.05, 0) is 85.0 Å². The Morgan fingerprint density at radius 2 is 0.879 bits per heavy atom. The summed E-state index contributed by atoms with van der Waals surface area (Å²) < 4.78 is 9.56. The molecule has 4 aromatic carbocycles. The van der Waals surface area contributed by atoms with E-state index in [0.717, 1.165) is 36.8 Å². The molecule has 4 aromatic rings. The van der Waals surface area contributed by atoms with Crippen LogP contribution in [0, 0.1) is 0 Å². The second-order valence-corrected chi connectivity index (χ2v) is 14.2. The molecule has 0 aromatic heterocycles. The lowest BCUT2D eigenvalue weighted by Gasteiger charge is -2.37. The van der Waals surface area contributed by atoms with Gasteiger partial charge in [-0.3, -0.25) is 19.2 Å². The maximum Gasteiger partial charge on any atom is 0.407 e. The van der Waals surface area contributed by atoms with Crippen molar-refractivity contribution in [3.8, 4) is 11.1 Å². The highest BCUT2D eigenvalue weighted by molar-refractivity contribution is 6.00. The topological polar surface area (TPSA) is 175 Å². The van der Waals surface area contributed by atoms with Crippen LogP contribution in [-0.4, -0.2) is 85.0 Å². The summed E-state index contributed by atoms with van der Waals surface area (Å²) in [6.45, 7) is 0.748. The van der Waals surface area contributed by atoms with Crippen LogP contribution in [0.1, 0.15) is 61.7 Å². The Morgan fingerprint density at radius 1 is 0.517 bits per heavy atom. The van der Waals surface area contributed by atoms with E-state index in [0.29, 0.717) is 48.4 Å². The van der Waals surface area contributed by atoms with Crippen LogP contribution in [0.2, 0.25) is 0 Å². The van der Waals surface area contributed by atoms with Crippen LogP contribution in [0.3, 0.4) is 0 Å². The fraction of sp³-hybridized carbons (Fsp3) is 0.318. The first-order valence-electron chi connectivity index (χ1n) is 19.4. The lowest BCUT2D eigenvalue weighted by Crippen LogP contribution is -2.53. The number of hydrogen-bond acceptors (Lipinski definition) is 8. The maximum atomic E-state index is 13.9. The number of carbonyl (C=O) groups excluding carboxylic acids is 6. The Labute approximate surface area is 337 Å². The molecule has 0 aliphatic carbocycles. The summed E-state index contributed by atoms with van der Waals surface area (Å²) >= 11 is 0. The van der Waals surface area contributed by atoms with Crippen molar-refractivity contribution < 1.29 is 38.2 Å². The number of piperidine rings is 2. The predicted molar refractivity (Wildman–Crippen MR) is 217 cm³/mol. The summed E-state index contributed by atoms with van der Waals surface area (Å²) in [5.74, 6) is -1.42. The number of rotatable bonds is 11. The zero-order chi connectivity index (χ0) is 41.0. The zero-order valence-electron chi connectivity index (χ0n) is 32.5. The molecule has 6 rings (SSSR count). The van der Waals surface area contributed by atoms with Crippen molar-refractivity contribution in [3.63, 3.8) is 0 Å². The average molecular weight is 789 g/mol. The summed E-state index contributed by atoms with van der Waals surface area (Å²) in [6, 6.07) is 28.9. The molecule has 4 atom stereocenters. The van der Waals surface area contributed by atoms with Gasteiger partial charge in [0.25, 0.3) is 11.8 Å². The standard InChI is InChI=1S/C44H48N6O8/c1-57-43(55)47-37(31-13-5-3-6-14-31)41(53)49-27-11-9-17-35(49)39(51)45-33-23-19-29(20-24-33)30-21-25-34(26-22-30)46-40(52)36-18-10-12-28-50(36)42(54)38(48-44(56)58-2)32-15-7-4-8-16-32/h3-8,13-16,19-26,35-38H,9-12,17-18,27-28H2,1-2H3,(H,45,51)(H,46,52)(H,47,55)(H,48,56)/t35-,36-,37-,38-/m1/s1. The van der Waals surface area contributed by atoms with Gasteiger partial charge in [0.05, 0.1) is 14.2 Å². The van der Waals surface area contributed by atoms with Gasteiger partial charge >= 0.3 is 12.2 Å². The molecule has 0 bridgehead atoms. The van der Waals surface area contributed by atoms with Crippen LogP contribution in [0.4, 0.5) is 21.0 Å². The van der Waals surface area contributed by atoms with Crippen molar-refractivity contribution in [2.45, 2.75) is 62.7 Å². The van der Waals surface area contributed by atoms with Crippen molar-refractivity contribution in [1.82, 2.24) is 20.4 Å². The highest BCUT2D eigenvalue weighted by atomic mass is 16.5. The lowest BCUT2D eigenvalue weighted by molar-refractivity contribution is -0.142. The summed E-state index contributed by atoms with van der Waals surface area (Å²) in [6.07, 6.45) is 2.49. The van der Waals surface area contributed by atoms with E-state index in [1.807, 2.05) is 36.4 Å². The Hall–Kier alpha value is -6.70. The van der Waals surface area contributed by atoms with Crippen molar-refractivity contribution in [2.75, 3.05) is 37.9 Å². The van der Waals surface area contributed by atoms with E-state index in [4.69, 9.17) is 9.47 Å². The summed E-state index contributed by atoms with van der Waals surface area (Å²) in [7, 11) is 2.46. The van der Waals surface area contributed by atoms with Crippen molar-refractivity contribution >= 4 is 47.2 Å². The number of nitrogens with one attached hydrogen (secondary N) is 4. The molecule has 2 saturated heterocycles. The van der Waals surface area contributed by atoms with E-state index < -0.39 is 36.4 Å². The highest BCUT2D eigenvalue weighted by Gasteiger charge is 2.38. The second kappa shape index (κ2) is 19.4. The number of alkyl carbamates (subject to hydrolysis) is 2. The molecule has 0 unspecified atom stereocenters. The normalized spacial score (nSPS) is 17.5. The summed E-state index contributed by atoms with van der Waals surface area (Å²) in [5.41, 5.74) is 4.04. The number of likely N-dealkylation sites (tertiary alicyclic amines) is 2. The lowest BCUT2D eigenvalue weighted by atomic mass is 9.97. The minimum atomic E-state index is -1.01. The zero-order valence-corrected chi connectivity index (χ0v) is 32.5. The van der Waals surface area contributed by atoms with Crippen LogP contribution in [0.15, 0.2) is 109 Å². The van der Waals surface area contributed by atoms with E-state index in [2.05, 4.69) is 21.3 Å². The molecular weight excluding hydrogens is 741 g/mol. The van der Waals surface area contributed by atoms with Crippen molar-refractivity contribution in [3.05, 3.63) is 120 Å². The highest BCUT2D eigenvalue weighted by Crippen LogP contribution is 2.28. The van der Waals surface area contributed by atoms with Gasteiger partial charge < -0.3 is 40.5 Å². The third kappa shape index (κ3) is 9.99. The van der Waals surface area contributed by atoms with Crippen LogP contribution >= 0.6 is 0 Å². The Morgan fingerprint density at radius 3 is 1.22 bits per heavy atom. The van der Waals surface area contributed by atoms with E-state index in [1.54, 1.807) is 72.8 Å². The van der Waals surface area contributed by atoms with E-state index >= 15 is 0 Å². The Kier molecular flexibility index (Phi) is 13.7. The SMILES string of the molecule is COC(=O)N[C@@H](C(=O)N1CCCC[C@@H]1C(=O)Nc1ccc(-c2ccc(NC(=O)[C@H]3CCCCN3C(=O)[C@H](NC(=O)OC)c3ccccc3)cc2)cc1)c1ccccc1. The first-order chi connectivity index (χ1) is 28.2. The van der Waals surface area contributed by atoms with Gasteiger partial charge in [-0.15, -0.1) is 0 Å². The van der Waals surface area contributed by atoms with Crippen molar-refractivity contribution in [2.24, 2.45) is 0 Å². The summed E-state index contributed by atoms with van der Waals surface area (Å²) in [5, 5.41) is 11.2. The molecule has 302 valence electrons. The van der Waals surface area contributed by atoms with Gasteiger partial charge in [0.2, 0.25) is 11.8 Å². The molecule has 2 heterocycles. The Balaban J connectivity index is 1.08. The van der Waals surface area contributed by atoms with Crippen LogP contribution < -0.4 is 21.3 Å². The number of nitrogens with zero attached hydrogens (tertiary/aromatic N) is 2. The molecule has 2 aliphatic heterocycles. The van der Waals surface area contributed by atoms with Crippen LogP contribution in [-0.2, 0) is 28.7 Å². The smallest absolute Gasteiger partial charge is 0.407 e. The minimum Gasteiger partial charge on any atom is -0.453 e. The van der Waals surface area contributed by atoms with E-state index in [-0.39, 0.29) is 23.6 Å². The summed E-state index contributed by atoms with van der Waals surface area (Å²) in [4.78, 5) is 82.4. The number of methoxy groups -OCH3 is 2. The molecule has 14 nitrogen and oxygen atoms in total. The predicted octanol–water partition coefficient (Wildman–Crippen LogP) is 6.19.